The summed E-state index contributed by atoms with van der Waals surface area (Å²) in [5, 5.41) is 8.19. The van der Waals surface area contributed by atoms with Crippen molar-refractivity contribution < 1.29 is 9.26 Å². The highest BCUT2D eigenvalue weighted by Gasteiger charge is 2.24. The second kappa shape index (κ2) is 5.26. The quantitative estimate of drug-likeness (QED) is 0.931. The number of nitrogens with one attached hydrogen (secondary N) is 1. The van der Waals surface area contributed by atoms with Gasteiger partial charge < -0.3 is 14.6 Å². The number of nitrogens with zero attached hydrogens (tertiary/aromatic N) is 3. The van der Waals surface area contributed by atoms with Crippen molar-refractivity contribution in [2.45, 2.75) is 25.7 Å². The average Bonchev–Trinajstić information content (AvgIpc) is 3.05. The van der Waals surface area contributed by atoms with E-state index < -0.39 is 0 Å². The maximum absolute atomic E-state index is 5.41. The van der Waals surface area contributed by atoms with Crippen molar-refractivity contribution in [3.63, 3.8) is 0 Å². The first-order chi connectivity index (χ1) is 9.29. The second-order valence-corrected chi connectivity index (χ2v) is 5.34. The third kappa shape index (κ3) is 2.35. The summed E-state index contributed by atoms with van der Waals surface area (Å²) in [6.07, 6.45) is 1.91. The van der Waals surface area contributed by atoms with E-state index in [1.54, 1.807) is 0 Å². The van der Waals surface area contributed by atoms with Crippen LogP contribution in [0.15, 0.2) is 4.52 Å². The molecule has 102 valence electrons. The minimum absolute atomic E-state index is 0.344. The van der Waals surface area contributed by atoms with Crippen LogP contribution in [0.25, 0.3) is 11.5 Å². The Balaban J connectivity index is 1.89. The number of aryl methyl sites for hydroxylation is 1. The summed E-state index contributed by atoms with van der Waals surface area (Å²) in [4.78, 5) is 4.54. The van der Waals surface area contributed by atoms with Gasteiger partial charge in [0.1, 0.15) is 5.00 Å². The Labute approximate surface area is 115 Å². The zero-order valence-corrected chi connectivity index (χ0v) is 11.8. The zero-order valence-electron chi connectivity index (χ0n) is 11.0. The van der Waals surface area contributed by atoms with Crippen molar-refractivity contribution >= 4 is 16.5 Å². The Kier molecular flexibility index (Phi) is 3.48. The van der Waals surface area contributed by atoms with Crippen molar-refractivity contribution in [2.24, 2.45) is 0 Å². The van der Waals surface area contributed by atoms with Gasteiger partial charge in [0, 0.05) is 26.2 Å². The fourth-order valence-corrected chi connectivity index (χ4v) is 2.99. The number of ether oxygens (including phenoxy) is 1. The summed E-state index contributed by atoms with van der Waals surface area (Å²) in [6.45, 7) is 3.50. The molecule has 0 saturated carbocycles. The van der Waals surface area contributed by atoms with Crippen molar-refractivity contribution in [2.75, 3.05) is 25.6 Å². The van der Waals surface area contributed by atoms with Crippen LogP contribution in [0.4, 0.5) is 5.00 Å². The van der Waals surface area contributed by atoms with Crippen molar-refractivity contribution in [1.82, 2.24) is 14.5 Å². The first-order valence-corrected chi connectivity index (χ1v) is 7.12. The monoisotopic (exact) mass is 280 g/mol. The highest BCUT2D eigenvalue weighted by atomic mass is 32.1. The van der Waals surface area contributed by atoms with Crippen LogP contribution >= 0.6 is 11.5 Å². The van der Waals surface area contributed by atoms with Gasteiger partial charge in [-0.1, -0.05) is 5.16 Å². The lowest BCUT2D eigenvalue weighted by atomic mass is 10.00. The molecule has 0 bridgehead atoms. The van der Waals surface area contributed by atoms with Gasteiger partial charge in [0.05, 0.1) is 11.3 Å². The van der Waals surface area contributed by atoms with E-state index in [1.165, 1.54) is 11.5 Å². The lowest BCUT2D eigenvalue weighted by molar-refractivity contribution is 0.0830. The van der Waals surface area contributed by atoms with Gasteiger partial charge in [-0.05, 0) is 31.3 Å². The van der Waals surface area contributed by atoms with Crippen molar-refractivity contribution in [3.8, 4) is 11.5 Å². The van der Waals surface area contributed by atoms with Crippen LogP contribution < -0.4 is 5.32 Å². The molecule has 3 heterocycles. The molecule has 1 aliphatic rings. The van der Waals surface area contributed by atoms with Crippen molar-refractivity contribution in [3.05, 3.63) is 11.5 Å². The molecule has 1 fully saturated rings. The molecule has 0 aliphatic carbocycles. The molecule has 0 unspecified atom stereocenters. The molecule has 0 aromatic carbocycles. The SMILES string of the molecule is CNc1snc(C)c1-c1nc(C2CCOCC2)no1. The number of anilines is 1. The lowest BCUT2D eigenvalue weighted by Gasteiger charge is -2.18. The fourth-order valence-electron chi connectivity index (χ4n) is 2.25. The Morgan fingerprint density at radius 2 is 2.11 bits per heavy atom. The van der Waals surface area contributed by atoms with Crippen LogP contribution in [0.2, 0.25) is 0 Å². The first-order valence-electron chi connectivity index (χ1n) is 6.35. The molecule has 1 saturated heterocycles. The highest BCUT2D eigenvalue weighted by Crippen LogP contribution is 2.34. The Hall–Kier alpha value is -1.47. The van der Waals surface area contributed by atoms with E-state index in [0.717, 1.165) is 48.1 Å². The molecule has 2 aromatic rings. The predicted octanol–water partition coefficient (Wildman–Crippen LogP) is 2.44. The molecule has 1 N–H and O–H groups in total. The minimum Gasteiger partial charge on any atom is -0.381 e. The van der Waals surface area contributed by atoms with E-state index in [2.05, 4.69) is 19.8 Å². The zero-order chi connectivity index (χ0) is 13.2. The van der Waals surface area contributed by atoms with Crippen LogP contribution in [0.3, 0.4) is 0 Å². The number of hydrogen-bond donors (Lipinski definition) is 1. The molecule has 0 spiro atoms. The normalized spacial score (nSPS) is 16.7. The molecule has 6 nitrogen and oxygen atoms in total. The maximum Gasteiger partial charge on any atom is 0.262 e. The topological polar surface area (TPSA) is 73.1 Å². The smallest absolute Gasteiger partial charge is 0.262 e. The van der Waals surface area contributed by atoms with Crippen LogP contribution in [0.1, 0.15) is 30.3 Å². The summed E-state index contributed by atoms with van der Waals surface area (Å²) in [6, 6.07) is 0. The molecular formula is C12H16N4O2S. The number of hydrogen-bond acceptors (Lipinski definition) is 7. The van der Waals surface area contributed by atoms with Gasteiger partial charge in [0.2, 0.25) is 0 Å². The van der Waals surface area contributed by atoms with Crippen LogP contribution in [-0.2, 0) is 4.74 Å². The Bertz CT molecular complexity index is 560. The Morgan fingerprint density at radius 3 is 2.84 bits per heavy atom. The van der Waals surface area contributed by atoms with Gasteiger partial charge in [-0.15, -0.1) is 0 Å². The molecule has 3 rings (SSSR count). The van der Waals surface area contributed by atoms with Gasteiger partial charge in [-0.3, -0.25) is 0 Å². The third-order valence-electron chi connectivity index (χ3n) is 3.33. The van der Waals surface area contributed by atoms with Crippen LogP contribution in [0, 0.1) is 6.92 Å². The van der Waals surface area contributed by atoms with E-state index in [4.69, 9.17) is 9.26 Å². The molecular weight excluding hydrogens is 264 g/mol. The lowest BCUT2D eigenvalue weighted by Crippen LogP contribution is -2.15. The van der Waals surface area contributed by atoms with Gasteiger partial charge >= 0.3 is 0 Å². The molecule has 0 atom stereocenters. The van der Waals surface area contributed by atoms with Crippen molar-refractivity contribution in [1.29, 1.82) is 0 Å². The molecule has 1 aliphatic heterocycles. The van der Waals surface area contributed by atoms with Gasteiger partial charge in [-0.25, -0.2) is 0 Å². The van der Waals surface area contributed by atoms with E-state index >= 15 is 0 Å². The summed E-state index contributed by atoms with van der Waals surface area (Å²) in [5.41, 5.74) is 1.83. The molecule has 0 radical (unpaired) electrons. The minimum atomic E-state index is 0.344. The van der Waals surface area contributed by atoms with Gasteiger partial charge in [0.15, 0.2) is 5.82 Å². The molecule has 2 aromatic heterocycles. The molecule has 19 heavy (non-hydrogen) atoms. The van der Waals surface area contributed by atoms with Gasteiger partial charge in [0.25, 0.3) is 5.89 Å². The standard InChI is InChI=1S/C12H16N4O2S/c1-7-9(12(13-2)19-16-7)11-14-10(15-18-11)8-3-5-17-6-4-8/h8,13H,3-6H2,1-2H3. The van der Waals surface area contributed by atoms with E-state index in [1.807, 2.05) is 14.0 Å². The number of aromatic nitrogens is 3. The van der Waals surface area contributed by atoms with E-state index in [0.29, 0.717) is 11.8 Å². The molecule has 0 amide bonds. The fraction of sp³-hybridized carbons (Fsp3) is 0.583. The highest BCUT2D eigenvalue weighted by molar-refractivity contribution is 7.10. The maximum atomic E-state index is 5.41. The second-order valence-electron chi connectivity index (χ2n) is 4.57. The summed E-state index contributed by atoms with van der Waals surface area (Å²) in [5.74, 6) is 1.68. The van der Waals surface area contributed by atoms with Crippen LogP contribution in [-0.4, -0.2) is 34.8 Å². The summed E-state index contributed by atoms with van der Waals surface area (Å²) < 4.78 is 15.1. The number of rotatable bonds is 3. The molecule has 7 heteroatoms. The summed E-state index contributed by atoms with van der Waals surface area (Å²) in [7, 11) is 1.87. The van der Waals surface area contributed by atoms with E-state index in [-0.39, 0.29) is 0 Å². The average molecular weight is 280 g/mol. The predicted molar refractivity (Wildman–Crippen MR) is 72.5 cm³/mol. The van der Waals surface area contributed by atoms with Crippen LogP contribution in [0.5, 0.6) is 0 Å². The van der Waals surface area contributed by atoms with E-state index in [9.17, 15) is 0 Å². The third-order valence-corrected chi connectivity index (χ3v) is 4.29. The first kappa shape index (κ1) is 12.6. The summed E-state index contributed by atoms with van der Waals surface area (Å²) >= 11 is 1.41. The Morgan fingerprint density at radius 1 is 1.32 bits per heavy atom. The largest absolute Gasteiger partial charge is 0.381 e. The van der Waals surface area contributed by atoms with Gasteiger partial charge in [-0.2, -0.15) is 9.36 Å².